The number of likely N-dealkylation sites (N-methyl/N-ethyl adjacent to an activating group) is 1. The van der Waals surface area contributed by atoms with Gasteiger partial charge in [-0.15, -0.1) is 0 Å². The number of rotatable bonds is 4. The van der Waals surface area contributed by atoms with Crippen LogP contribution in [0.3, 0.4) is 0 Å². The van der Waals surface area contributed by atoms with Gasteiger partial charge in [-0.25, -0.2) is 0 Å². The molecule has 0 aliphatic rings. The molecule has 0 radical (unpaired) electrons. The Bertz CT molecular complexity index is 405. The molecule has 1 heterocycles. The molecular formula is C14H25N3O. The molecule has 4 heteroatoms. The van der Waals surface area contributed by atoms with Crippen molar-refractivity contribution in [2.75, 3.05) is 7.05 Å². The molecule has 0 saturated heterocycles. The normalized spacial score (nSPS) is 12.3. The standard InChI is InChI=1S/C14H25N3O/c1-9(2)11-8-17(16-12(11)10(3)4)14(5,6)13(18)15-7/h8-10H,1-7H3,(H,15,18). The first-order valence-electron chi connectivity index (χ1n) is 6.53. The second-order valence-electron chi connectivity index (χ2n) is 5.86. The Hall–Kier alpha value is -1.32. The van der Waals surface area contributed by atoms with E-state index >= 15 is 0 Å². The maximum Gasteiger partial charge on any atom is 0.247 e. The van der Waals surface area contributed by atoms with Gasteiger partial charge in [-0.2, -0.15) is 5.10 Å². The van der Waals surface area contributed by atoms with Gasteiger partial charge in [-0.3, -0.25) is 9.48 Å². The van der Waals surface area contributed by atoms with E-state index in [-0.39, 0.29) is 5.91 Å². The summed E-state index contributed by atoms with van der Waals surface area (Å²) in [6.07, 6.45) is 2.01. The van der Waals surface area contributed by atoms with Crippen molar-refractivity contribution in [3.63, 3.8) is 0 Å². The molecule has 0 aromatic carbocycles. The SMILES string of the molecule is CNC(=O)C(C)(C)n1cc(C(C)C)c(C(C)C)n1. The number of nitrogens with one attached hydrogen (secondary N) is 1. The maximum absolute atomic E-state index is 11.9. The van der Waals surface area contributed by atoms with Crippen LogP contribution in [0.4, 0.5) is 0 Å². The summed E-state index contributed by atoms with van der Waals surface area (Å²) in [5, 5.41) is 7.32. The number of carbonyl (C=O) groups excluding carboxylic acids is 1. The molecule has 18 heavy (non-hydrogen) atoms. The fraction of sp³-hybridized carbons (Fsp3) is 0.714. The van der Waals surface area contributed by atoms with Gasteiger partial charge in [-0.05, 0) is 31.2 Å². The van der Waals surface area contributed by atoms with E-state index in [1.807, 2.05) is 20.0 Å². The summed E-state index contributed by atoms with van der Waals surface area (Å²) in [5.41, 5.74) is 1.65. The smallest absolute Gasteiger partial charge is 0.247 e. The van der Waals surface area contributed by atoms with Gasteiger partial charge >= 0.3 is 0 Å². The zero-order valence-corrected chi connectivity index (χ0v) is 12.5. The molecule has 0 unspecified atom stereocenters. The van der Waals surface area contributed by atoms with E-state index in [0.717, 1.165) is 5.69 Å². The predicted molar refractivity (Wildman–Crippen MR) is 73.8 cm³/mol. The monoisotopic (exact) mass is 251 g/mol. The van der Waals surface area contributed by atoms with E-state index in [0.29, 0.717) is 11.8 Å². The molecule has 0 aliphatic heterocycles. The fourth-order valence-electron chi connectivity index (χ4n) is 1.99. The predicted octanol–water partition coefficient (Wildman–Crippen LogP) is 2.61. The molecule has 0 spiro atoms. The van der Waals surface area contributed by atoms with Crippen LogP contribution in [0.1, 0.15) is 64.6 Å². The highest BCUT2D eigenvalue weighted by Gasteiger charge is 2.31. The molecule has 0 aliphatic carbocycles. The second kappa shape index (κ2) is 5.12. The molecule has 1 amide bonds. The van der Waals surface area contributed by atoms with E-state index in [9.17, 15) is 4.79 Å². The summed E-state index contributed by atoms with van der Waals surface area (Å²) < 4.78 is 1.79. The van der Waals surface area contributed by atoms with Gasteiger partial charge in [0.15, 0.2) is 0 Å². The first-order valence-corrected chi connectivity index (χ1v) is 6.53. The summed E-state index contributed by atoms with van der Waals surface area (Å²) in [7, 11) is 1.65. The lowest BCUT2D eigenvalue weighted by molar-refractivity contribution is -0.128. The minimum Gasteiger partial charge on any atom is -0.357 e. The van der Waals surface area contributed by atoms with Crippen molar-refractivity contribution in [2.24, 2.45) is 0 Å². The molecule has 4 nitrogen and oxygen atoms in total. The largest absolute Gasteiger partial charge is 0.357 e. The van der Waals surface area contributed by atoms with Crippen molar-refractivity contribution >= 4 is 5.91 Å². The minimum absolute atomic E-state index is 0.0318. The average Bonchev–Trinajstić information content (AvgIpc) is 2.73. The van der Waals surface area contributed by atoms with Crippen molar-refractivity contribution in [3.05, 3.63) is 17.5 Å². The van der Waals surface area contributed by atoms with E-state index < -0.39 is 5.54 Å². The first-order chi connectivity index (χ1) is 8.21. The zero-order chi connectivity index (χ0) is 14.1. The third-order valence-electron chi connectivity index (χ3n) is 3.30. The van der Waals surface area contributed by atoms with E-state index in [4.69, 9.17) is 0 Å². The van der Waals surface area contributed by atoms with E-state index in [1.54, 1.807) is 11.7 Å². The Morgan fingerprint density at radius 2 is 1.83 bits per heavy atom. The molecule has 0 bridgehead atoms. The second-order valence-corrected chi connectivity index (χ2v) is 5.86. The molecule has 1 aromatic heterocycles. The van der Waals surface area contributed by atoms with Gasteiger partial charge in [0.05, 0.1) is 5.69 Å². The average molecular weight is 251 g/mol. The maximum atomic E-state index is 11.9. The van der Waals surface area contributed by atoms with Crippen molar-refractivity contribution < 1.29 is 4.79 Å². The van der Waals surface area contributed by atoms with Gasteiger partial charge in [0.1, 0.15) is 5.54 Å². The van der Waals surface area contributed by atoms with Gasteiger partial charge in [0, 0.05) is 13.2 Å². The molecule has 1 N–H and O–H groups in total. The van der Waals surface area contributed by atoms with Crippen LogP contribution < -0.4 is 5.32 Å². The van der Waals surface area contributed by atoms with Crippen molar-refractivity contribution in [3.8, 4) is 0 Å². The Kier molecular flexibility index (Phi) is 4.20. The molecular weight excluding hydrogens is 226 g/mol. The van der Waals surface area contributed by atoms with Crippen LogP contribution in [0.15, 0.2) is 6.20 Å². The van der Waals surface area contributed by atoms with Gasteiger partial charge in [0.2, 0.25) is 5.91 Å². The molecule has 1 aromatic rings. The lowest BCUT2D eigenvalue weighted by atomic mass is 9.98. The fourth-order valence-corrected chi connectivity index (χ4v) is 1.99. The van der Waals surface area contributed by atoms with E-state index in [1.165, 1.54) is 5.56 Å². The van der Waals surface area contributed by atoms with Crippen LogP contribution >= 0.6 is 0 Å². The van der Waals surface area contributed by atoms with Gasteiger partial charge in [0.25, 0.3) is 0 Å². The number of carbonyl (C=O) groups is 1. The van der Waals surface area contributed by atoms with Crippen LogP contribution in [0, 0.1) is 0 Å². The summed E-state index contributed by atoms with van der Waals surface area (Å²) in [5.74, 6) is 0.747. The van der Waals surface area contributed by atoms with Crippen molar-refractivity contribution in [1.29, 1.82) is 0 Å². The van der Waals surface area contributed by atoms with Gasteiger partial charge in [-0.1, -0.05) is 27.7 Å². The number of nitrogens with zero attached hydrogens (tertiary/aromatic N) is 2. The van der Waals surface area contributed by atoms with Crippen LogP contribution in [0.2, 0.25) is 0 Å². The third-order valence-corrected chi connectivity index (χ3v) is 3.30. The zero-order valence-electron chi connectivity index (χ0n) is 12.5. The highest BCUT2D eigenvalue weighted by Crippen LogP contribution is 2.27. The van der Waals surface area contributed by atoms with E-state index in [2.05, 4.69) is 38.1 Å². The summed E-state index contributed by atoms with van der Waals surface area (Å²) in [6, 6.07) is 0. The number of hydrogen-bond donors (Lipinski definition) is 1. The molecule has 1 rings (SSSR count). The van der Waals surface area contributed by atoms with Crippen LogP contribution in [0.25, 0.3) is 0 Å². The molecule has 0 atom stereocenters. The van der Waals surface area contributed by atoms with Gasteiger partial charge < -0.3 is 5.32 Å². The Morgan fingerprint density at radius 1 is 1.28 bits per heavy atom. The number of hydrogen-bond acceptors (Lipinski definition) is 2. The number of amides is 1. The summed E-state index contributed by atoms with van der Waals surface area (Å²) in [6.45, 7) is 12.3. The summed E-state index contributed by atoms with van der Waals surface area (Å²) >= 11 is 0. The topological polar surface area (TPSA) is 46.9 Å². The Morgan fingerprint density at radius 3 is 2.17 bits per heavy atom. The highest BCUT2D eigenvalue weighted by molar-refractivity contribution is 5.83. The number of aromatic nitrogens is 2. The molecule has 0 fully saturated rings. The summed E-state index contributed by atoms with van der Waals surface area (Å²) in [4.78, 5) is 11.9. The Balaban J connectivity index is 3.28. The lowest BCUT2D eigenvalue weighted by Crippen LogP contribution is -2.43. The Labute approximate surface area is 110 Å². The highest BCUT2D eigenvalue weighted by atomic mass is 16.2. The molecule has 0 saturated carbocycles. The quantitative estimate of drug-likeness (QED) is 0.894. The van der Waals surface area contributed by atoms with Crippen LogP contribution in [0.5, 0.6) is 0 Å². The lowest BCUT2D eigenvalue weighted by Gasteiger charge is -2.23. The van der Waals surface area contributed by atoms with Crippen LogP contribution in [-0.4, -0.2) is 22.7 Å². The third kappa shape index (κ3) is 2.57. The minimum atomic E-state index is -0.661. The van der Waals surface area contributed by atoms with Crippen molar-refractivity contribution in [2.45, 2.75) is 58.9 Å². The molecule has 102 valence electrons. The van der Waals surface area contributed by atoms with Crippen LogP contribution in [-0.2, 0) is 10.3 Å². The van der Waals surface area contributed by atoms with Crippen molar-refractivity contribution in [1.82, 2.24) is 15.1 Å². The first kappa shape index (κ1) is 14.7.